The van der Waals surface area contributed by atoms with Crippen LogP contribution in [-0.4, -0.2) is 18.4 Å². The lowest BCUT2D eigenvalue weighted by atomic mass is 10.2. The topological polar surface area (TPSA) is 97.6 Å². The molecule has 3 aromatic rings. The first kappa shape index (κ1) is 18.5. The Bertz CT molecular complexity index is 1080. The summed E-state index contributed by atoms with van der Waals surface area (Å²) in [6.45, 7) is 1.48. The largest absolute Gasteiger partial charge is 0.484 e. The average Bonchev–Trinajstić information content (AvgIpc) is 2.66. The number of amides is 2. The van der Waals surface area contributed by atoms with Crippen molar-refractivity contribution in [3.05, 3.63) is 75.1 Å². The molecule has 0 radical (unpaired) electrons. The molecule has 2 amide bonds. The number of ether oxygens (including phenoxy) is 1. The summed E-state index contributed by atoms with van der Waals surface area (Å²) in [4.78, 5) is 35.9. The standard InChI is InChI=1S/C19H15ClN2O5/c1-11-8-13(6-7-15(11)20)26-10-17(23)21-22-18(24)14-9-12-4-2-3-5-16(12)27-19(14)25/h2-9H,10H2,1H3,(H,21,23)(H,22,24). The van der Waals surface area contributed by atoms with Gasteiger partial charge in [-0.2, -0.15) is 0 Å². The maximum atomic E-state index is 12.1. The van der Waals surface area contributed by atoms with Crippen LogP contribution in [0.3, 0.4) is 0 Å². The Labute approximate surface area is 158 Å². The first-order valence-electron chi connectivity index (χ1n) is 7.95. The summed E-state index contributed by atoms with van der Waals surface area (Å²) in [7, 11) is 0. The SMILES string of the molecule is Cc1cc(OCC(=O)NNC(=O)c2cc3ccccc3oc2=O)ccc1Cl. The normalized spacial score (nSPS) is 10.4. The Hall–Kier alpha value is -3.32. The molecule has 2 aromatic carbocycles. The van der Waals surface area contributed by atoms with Gasteiger partial charge in [-0.15, -0.1) is 0 Å². The highest BCUT2D eigenvalue weighted by atomic mass is 35.5. The molecule has 8 heteroatoms. The molecule has 7 nitrogen and oxygen atoms in total. The highest BCUT2D eigenvalue weighted by Crippen LogP contribution is 2.20. The van der Waals surface area contributed by atoms with Crippen molar-refractivity contribution in [1.29, 1.82) is 0 Å². The molecule has 0 aliphatic carbocycles. The highest BCUT2D eigenvalue weighted by molar-refractivity contribution is 6.31. The van der Waals surface area contributed by atoms with Gasteiger partial charge in [0.1, 0.15) is 16.9 Å². The van der Waals surface area contributed by atoms with Crippen LogP contribution in [0.15, 0.2) is 57.7 Å². The van der Waals surface area contributed by atoms with Crippen molar-refractivity contribution in [2.24, 2.45) is 0 Å². The third-order valence-corrected chi connectivity index (χ3v) is 4.12. The van der Waals surface area contributed by atoms with E-state index in [1.165, 1.54) is 6.07 Å². The number of carbonyl (C=O) groups is 2. The molecule has 0 saturated carbocycles. The number of nitrogens with one attached hydrogen (secondary N) is 2. The van der Waals surface area contributed by atoms with Gasteiger partial charge in [0, 0.05) is 10.4 Å². The molecular weight excluding hydrogens is 372 g/mol. The van der Waals surface area contributed by atoms with Crippen molar-refractivity contribution >= 4 is 34.4 Å². The van der Waals surface area contributed by atoms with Crippen LogP contribution < -0.4 is 21.2 Å². The number of hydrogen-bond donors (Lipinski definition) is 2. The molecule has 138 valence electrons. The minimum absolute atomic E-state index is 0.219. The number of benzene rings is 2. The Morgan fingerprint density at radius 1 is 1.11 bits per heavy atom. The summed E-state index contributed by atoms with van der Waals surface area (Å²) in [5, 5.41) is 1.18. The van der Waals surface area contributed by atoms with Crippen LogP contribution in [0.5, 0.6) is 5.75 Å². The van der Waals surface area contributed by atoms with Gasteiger partial charge < -0.3 is 9.15 Å². The van der Waals surface area contributed by atoms with Gasteiger partial charge in [-0.1, -0.05) is 29.8 Å². The second kappa shape index (κ2) is 7.92. The fourth-order valence-corrected chi connectivity index (χ4v) is 2.42. The first-order chi connectivity index (χ1) is 12.9. The number of hydrazine groups is 1. The molecule has 27 heavy (non-hydrogen) atoms. The third-order valence-electron chi connectivity index (χ3n) is 3.70. The van der Waals surface area contributed by atoms with Gasteiger partial charge in [-0.3, -0.25) is 20.4 Å². The van der Waals surface area contributed by atoms with E-state index in [1.54, 1.807) is 42.5 Å². The summed E-state index contributed by atoms with van der Waals surface area (Å²) in [5.41, 5.74) is 4.51. The number of fused-ring (bicyclic) bond motifs is 1. The van der Waals surface area contributed by atoms with Gasteiger partial charge in [0.05, 0.1) is 0 Å². The van der Waals surface area contributed by atoms with E-state index >= 15 is 0 Å². The van der Waals surface area contributed by atoms with Crippen LogP contribution >= 0.6 is 11.6 Å². The zero-order valence-electron chi connectivity index (χ0n) is 14.2. The van der Waals surface area contributed by atoms with Gasteiger partial charge in [0.25, 0.3) is 11.8 Å². The summed E-state index contributed by atoms with van der Waals surface area (Å²) in [5.74, 6) is -0.917. The molecule has 0 fully saturated rings. The molecular formula is C19H15ClN2O5. The molecule has 0 bridgehead atoms. The summed E-state index contributed by atoms with van der Waals surface area (Å²) in [6.07, 6.45) is 0. The maximum absolute atomic E-state index is 12.1. The first-order valence-corrected chi connectivity index (χ1v) is 8.33. The van der Waals surface area contributed by atoms with Crippen molar-refractivity contribution in [3.8, 4) is 5.75 Å². The van der Waals surface area contributed by atoms with E-state index < -0.39 is 17.4 Å². The predicted octanol–water partition coefficient (Wildman–Crippen LogP) is 2.59. The van der Waals surface area contributed by atoms with Gasteiger partial charge in [0.15, 0.2) is 6.61 Å². The Kier molecular flexibility index (Phi) is 5.42. The second-order valence-electron chi connectivity index (χ2n) is 5.69. The van der Waals surface area contributed by atoms with Crippen LogP contribution in [0, 0.1) is 6.92 Å². The molecule has 1 heterocycles. The lowest BCUT2D eigenvalue weighted by molar-refractivity contribution is -0.123. The predicted molar refractivity (Wildman–Crippen MR) is 99.8 cm³/mol. The number of para-hydroxylation sites is 1. The van der Waals surface area contributed by atoms with E-state index in [-0.39, 0.29) is 12.2 Å². The van der Waals surface area contributed by atoms with Crippen molar-refractivity contribution in [2.45, 2.75) is 6.92 Å². The van der Waals surface area contributed by atoms with E-state index in [4.69, 9.17) is 20.8 Å². The molecule has 2 N–H and O–H groups in total. The van der Waals surface area contributed by atoms with Gasteiger partial charge >= 0.3 is 5.63 Å². The molecule has 0 spiro atoms. The third kappa shape index (κ3) is 4.45. The number of rotatable bonds is 4. The van der Waals surface area contributed by atoms with E-state index in [0.29, 0.717) is 21.7 Å². The molecule has 0 unspecified atom stereocenters. The molecule has 0 saturated heterocycles. The van der Waals surface area contributed by atoms with E-state index in [1.807, 2.05) is 6.92 Å². The maximum Gasteiger partial charge on any atom is 0.349 e. The second-order valence-corrected chi connectivity index (χ2v) is 6.09. The van der Waals surface area contributed by atoms with Crippen molar-refractivity contribution in [1.82, 2.24) is 10.9 Å². The smallest absolute Gasteiger partial charge is 0.349 e. The van der Waals surface area contributed by atoms with Crippen LogP contribution in [0.25, 0.3) is 11.0 Å². The number of halogens is 1. The number of carbonyl (C=O) groups excluding carboxylic acids is 2. The summed E-state index contributed by atoms with van der Waals surface area (Å²) >= 11 is 5.92. The lowest BCUT2D eigenvalue weighted by Gasteiger charge is -2.09. The Morgan fingerprint density at radius 3 is 2.67 bits per heavy atom. The van der Waals surface area contributed by atoms with Crippen LogP contribution in [0.2, 0.25) is 5.02 Å². The quantitative estimate of drug-likeness (QED) is 0.530. The number of hydrogen-bond acceptors (Lipinski definition) is 5. The number of aryl methyl sites for hydroxylation is 1. The molecule has 0 aliphatic heterocycles. The molecule has 0 atom stereocenters. The van der Waals surface area contributed by atoms with E-state index in [0.717, 1.165) is 5.56 Å². The van der Waals surface area contributed by atoms with Crippen molar-refractivity contribution in [2.75, 3.05) is 6.61 Å². The Balaban J connectivity index is 1.58. The van der Waals surface area contributed by atoms with Gasteiger partial charge in [-0.25, -0.2) is 4.79 Å². The van der Waals surface area contributed by atoms with E-state index in [9.17, 15) is 14.4 Å². The zero-order valence-corrected chi connectivity index (χ0v) is 15.0. The van der Waals surface area contributed by atoms with Crippen molar-refractivity contribution < 1.29 is 18.7 Å². The monoisotopic (exact) mass is 386 g/mol. The Morgan fingerprint density at radius 2 is 1.89 bits per heavy atom. The minimum Gasteiger partial charge on any atom is -0.484 e. The van der Waals surface area contributed by atoms with Crippen LogP contribution in [0.1, 0.15) is 15.9 Å². The average molecular weight is 387 g/mol. The van der Waals surface area contributed by atoms with Crippen molar-refractivity contribution in [3.63, 3.8) is 0 Å². The highest BCUT2D eigenvalue weighted by Gasteiger charge is 2.14. The van der Waals surface area contributed by atoms with Gasteiger partial charge in [0.2, 0.25) is 0 Å². The van der Waals surface area contributed by atoms with E-state index in [2.05, 4.69) is 10.9 Å². The fourth-order valence-electron chi connectivity index (χ4n) is 2.31. The summed E-state index contributed by atoms with van der Waals surface area (Å²) in [6, 6.07) is 13.2. The molecule has 3 rings (SSSR count). The minimum atomic E-state index is -0.798. The van der Waals surface area contributed by atoms with Crippen LogP contribution in [0.4, 0.5) is 0 Å². The zero-order chi connectivity index (χ0) is 19.4. The molecule has 1 aromatic heterocycles. The van der Waals surface area contributed by atoms with Gasteiger partial charge in [-0.05, 0) is 42.8 Å². The summed E-state index contributed by atoms with van der Waals surface area (Å²) < 4.78 is 10.4. The fraction of sp³-hybridized carbons (Fsp3) is 0.105. The molecule has 0 aliphatic rings. The van der Waals surface area contributed by atoms with Crippen LogP contribution in [-0.2, 0) is 4.79 Å². The lowest BCUT2D eigenvalue weighted by Crippen LogP contribution is -2.45.